The highest BCUT2D eigenvalue weighted by Gasteiger charge is 2.41. The van der Waals surface area contributed by atoms with Crippen LogP contribution >= 0.6 is 0 Å². The molecule has 0 spiro atoms. The number of hydrogen-bond donors (Lipinski definition) is 1. The van der Waals surface area contributed by atoms with Crippen molar-refractivity contribution >= 4 is 0 Å². The zero-order chi connectivity index (χ0) is 13.4. The predicted octanol–water partition coefficient (Wildman–Crippen LogP) is 3.44. The van der Waals surface area contributed by atoms with E-state index in [0.717, 1.165) is 0 Å². The van der Waals surface area contributed by atoms with Crippen LogP contribution < -0.4 is 0 Å². The summed E-state index contributed by atoms with van der Waals surface area (Å²) in [6.45, 7) is 0. The van der Waals surface area contributed by atoms with E-state index in [1.807, 2.05) is 0 Å². The molecular formula is C9H5F7O. The van der Waals surface area contributed by atoms with Gasteiger partial charge in [0.05, 0.1) is 5.56 Å². The number of benzene rings is 1. The van der Waals surface area contributed by atoms with Gasteiger partial charge in [-0.2, -0.15) is 26.3 Å². The molecule has 0 amide bonds. The summed E-state index contributed by atoms with van der Waals surface area (Å²) in [4.78, 5) is 0. The van der Waals surface area contributed by atoms with Crippen LogP contribution in [0.2, 0.25) is 0 Å². The fourth-order valence-corrected chi connectivity index (χ4v) is 1.12. The van der Waals surface area contributed by atoms with E-state index in [0.29, 0.717) is 0 Å². The molecule has 1 N–H and O–H groups in total. The lowest BCUT2D eigenvalue weighted by molar-refractivity contribution is -0.207. The molecule has 0 radical (unpaired) electrons. The molecule has 1 rings (SSSR count). The summed E-state index contributed by atoms with van der Waals surface area (Å²) in [5.41, 5.74) is -2.78. The lowest BCUT2D eigenvalue weighted by Gasteiger charge is -2.16. The third kappa shape index (κ3) is 3.32. The van der Waals surface area contributed by atoms with E-state index >= 15 is 0 Å². The molecule has 0 fully saturated rings. The van der Waals surface area contributed by atoms with E-state index in [2.05, 4.69) is 0 Å². The third-order valence-electron chi connectivity index (χ3n) is 1.87. The van der Waals surface area contributed by atoms with Gasteiger partial charge in [-0.05, 0) is 23.8 Å². The van der Waals surface area contributed by atoms with Crippen molar-refractivity contribution in [1.29, 1.82) is 0 Å². The Morgan fingerprint density at radius 3 is 1.88 bits per heavy atom. The van der Waals surface area contributed by atoms with Crippen molar-refractivity contribution in [3.8, 4) is 0 Å². The molecule has 8 heteroatoms. The minimum absolute atomic E-state index is 0.0482. The molecule has 0 aliphatic rings. The molecule has 0 unspecified atom stereocenters. The Balaban J connectivity index is 3.24. The quantitative estimate of drug-likeness (QED) is 0.768. The van der Waals surface area contributed by atoms with E-state index in [1.165, 1.54) is 0 Å². The number of halogens is 7. The number of aliphatic hydroxyl groups is 1. The normalized spacial score (nSPS) is 14.8. The molecule has 1 atom stereocenters. The molecule has 0 heterocycles. The van der Waals surface area contributed by atoms with Crippen molar-refractivity contribution in [3.05, 3.63) is 35.1 Å². The Hall–Kier alpha value is -1.31. The SMILES string of the molecule is O[C@H](c1cc(F)cc(C(F)(F)F)c1)C(F)(F)F. The van der Waals surface area contributed by atoms with Gasteiger partial charge >= 0.3 is 12.4 Å². The summed E-state index contributed by atoms with van der Waals surface area (Å²) < 4.78 is 85.4. The molecule has 0 aromatic heterocycles. The Bertz CT molecular complexity index is 407. The average Bonchev–Trinajstić information content (AvgIpc) is 2.12. The van der Waals surface area contributed by atoms with Gasteiger partial charge in [0, 0.05) is 0 Å². The fraction of sp³-hybridized carbons (Fsp3) is 0.333. The molecule has 17 heavy (non-hydrogen) atoms. The van der Waals surface area contributed by atoms with Crippen LogP contribution in [0.5, 0.6) is 0 Å². The highest BCUT2D eigenvalue weighted by Crippen LogP contribution is 2.36. The zero-order valence-electron chi connectivity index (χ0n) is 7.90. The molecule has 1 nitrogen and oxygen atoms in total. The predicted molar refractivity (Wildman–Crippen MR) is 42.4 cm³/mol. The van der Waals surface area contributed by atoms with Crippen LogP contribution in [0.25, 0.3) is 0 Å². The summed E-state index contributed by atoms with van der Waals surface area (Å²) in [7, 11) is 0. The molecule has 0 saturated carbocycles. The fourth-order valence-electron chi connectivity index (χ4n) is 1.12. The summed E-state index contributed by atoms with van der Waals surface area (Å²) in [6, 6.07) is 0.307. The number of alkyl halides is 6. The first-order chi connectivity index (χ1) is 7.51. The molecular weight excluding hydrogens is 257 g/mol. The van der Waals surface area contributed by atoms with E-state index < -0.39 is 35.4 Å². The van der Waals surface area contributed by atoms with Crippen molar-refractivity contribution in [2.75, 3.05) is 0 Å². The van der Waals surface area contributed by atoms with Crippen molar-refractivity contribution in [2.24, 2.45) is 0 Å². The summed E-state index contributed by atoms with van der Waals surface area (Å²) in [5, 5.41) is 8.71. The first-order valence-corrected chi connectivity index (χ1v) is 4.14. The van der Waals surface area contributed by atoms with E-state index in [9.17, 15) is 30.7 Å². The third-order valence-corrected chi connectivity index (χ3v) is 1.87. The molecule has 96 valence electrons. The van der Waals surface area contributed by atoms with Gasteiger partial charge in [-0.25, -0.2) is 4.39 Å². The Labute approximate surface area is 90.5 Å². The maximum absolute atomic E-state index is 12.7. The van der Waals surface area contributed by atoms with Gasteiger partial charge in [0.15, 0.2) is 6.10 Å². The van der Waals surface area contributed by atoms with Crippen molar-refractivity contribution in [2.45, 2.75) is 18.5 Å². The van der Waals surface area contributed by atoms with Gasteiger partial charge in [0.1, 0.15) is 5.82 Å². The lowest BCUT2D eigenvalue weighted by Crippen LogP contribution is -2.21. The van der Waals surface area contributed by atoms with Crippen LogP contribution in [-0.4, -0.2) is 11.3 Å². The van der Waals surface area contributed by atoms with Crippen LogP contribution in [0, 0.1) is 5.82 Å². The molecule has 0 saturated heterocycles. The first kappa shape index (κ1) is 13.8. The van der Waals surface area contributed by atoms with Gasteiger partial charge in [0.2, 0.25) is 0 Å². The number of aliphatic hydroxyl groups excluding tert-OH is 1. The monoisotopic (exact) mass is 262 g/mol. The number of rotatable bonds is 1. The van der Waals surface area contributed by atoms with Crippen molar-refractivity contribution in [1.82, 2.24) is 0 Å². The van der Waals surface area contributed by atoms with E-state index in [-0.39, 0.29) is 18.2 Å². The van der Waals surface area contributed by atoms with E-state index in [1.54, 1.807) is 0 Å². The van der Waals surface area contributed by atoms with Crippen LogP contribution in [0.3, 0.4) is 0 Å². The lowest BCUT2D eigenvalue weighted by atomic mass is 10.0. The smallest absolute Gasteiger partial charge is 0.379 e. The zero-order valence-corrected chi connectivity index (χ0v) is 7.90. The van der Waals surface area contributed by atoms with Crippen LogP contribution in [0.4, 0.5) is 30.7 Å². The topological polar surface area (TPSA) is 20.2 Å². The highest BCUT2D eigenvalue weighted by molar-refractivity contribution is 5.28. The van der Waals surface area contributed by atoms with Gasteiger partial charge in [-0.15, -0.1) is 0 Å². The Morgan fingerprint density at radius 2 is 1.47 bits per heavy atom. The van der Waals surface area contributed by atoms with E-state index in [4.69, 9.17) is 5.11 Å². The average molecular weight is 262 g/mol. The van der Waals surface area contributed by atoms with Crippen LogP contribution in [-0.2, 0) is 6.18 Å². The molecule has 1 aromatic rings. The van der Waals surface area contributed by atoms with Gasteiger partial charge in [-0.1, -0.05) is 0 Å². The molecule has 0 bridgehead atoms. The second-order valence-electron chi connectivity index (χ2n) is 3.22. The largest absolute Gasteiger partial charge is 0.418 e. The summed E-state index contributed by atoms with van der Waals surface area (Å²) >= 11 is 0. The van der Waals surface area contributed by atoms with Crippen LogP contribution in [0.15, 0.2) is 18.2 Å². The Morgan fingerprint density at radius 1 is 0.941 bits per heavy atom. The van der Waals surface area contributed by atoms with Crippen LogP contribution in [0.1, 0.15) is 17.2 Å². The number of hydrogen-bond acceptors (Lipinski definition) is 1. The molecule has 0 aliphatic heterocycles. The second-order valence-corrected chi connectivity index (χ2v) is 3.22. The van der Waals surface area contributed by atoms with Gasteiger partial charge in [0.25, 0.3) is 0 Å². The van der Waals surface area contributed by atoms with Gasteiger partial charge in [-0.3, -0.25) is 0 Å². The van der Waals surface area contributed by atoms with Crippen molar-refractivity contribution in [3.63, 3.8) is 0 Å². The summed E-state index contributed by atoms with van der Waals surface area (Å²) in [5.74, 6) is -1.50. The maximum Gasteiger partial charge on any atom is 0.418 e. The van der Waals surface area contributed by atoms with Crippen molar-refractivity contribution < 1.29 is 35.8 Å². The maximum atomic E-state index is 12.7. The standard InChI is InChI=1S/C9H5F7O/c10-6-2-4(7(17)9(14,15)16)1-5(3-6)8(11,12)13/h1-3,7,17H/t7-/m1/s1. The van der Waals surface area contributed by atoms with Gasteiger partial charge < -0.3 is 5.11 Å². The first-order valence-electron chi connectivity index (χ1n) is 4.14. The Kier molecular flexibility index (Phi) is 3.37. The highest BCUT2D eigenvalue weighted by atomic mass is 19.4. The molecule has 1 aromatic carbocycles. The molecule has 0 aliphatic carbocycles. The minimum Gasteiger partial charge on any atom is -0.379 e. The second kappa shape index (κ2) is 4.17. The minimum atomic E-state index is -5.16. The summed E-state index contributed by atoms with van der Waals surface area (Å²) in [6.07, 6.45) is -13.3.